The first-order valence-corrected chi connectivity index (χ1v) is 8.55. The summed E-state index contributed by atoms with van der Waals surface area (Å²) < 4.78 is 37.7. The van der Waals surface area contributed by atoms with Crippen LogP contribution in [-0.4, -0.2) is 18.0 Å². The Labute approximate surface area is 163 Å². The van der Waals surface area contributed by atoms with E-state index < -0.39 is 35.3 Å². The number of esters is 1. The van der Waals surface area contributed by atoms with E-state index in [2.05, 4.69) is 5.32 Å². The van der Waals surface area contributed by atoms with Gasteiger partial charge < -0.3 is 14.5 Å². The Morgan fingerprint density at radius 1 is 1.04 bits per heavy atom. The average Bonchev–Trinajstić information content (AvgIpc) is 3.15. The van der Waals surface area contributed by atoms with E-state index in [0.29, 0.717) is 16.3 Å². The second-order valence-corrected chi connectivity index (χ2v) is 6.18. The minimum atomic E-state index is -1.32. The Morgan fingerprint density at radius 3 is 2.39 bits per heavy atom. The van der Waals surface area contributed by atoms with Crippen molar-refractivity contribution in [2.24, 2.45) is 0 Å². The van der Waals surface area contributed by atoms with E-state index >= 15 is 0 Å². The molecule has 0 bridgehead atoms. The van der Waals surface area contributed by atoms with Crippen LogP contribution in [0.15, 0.2) is 59.0 Å². The second kappa shape index (κ2) is 8.22. The quantitative estimate of drug-likeness (QED) is 0.602. The highest BCUT2D eigenvalue weighted by atomic mass is 35.5. The lowest BCUT2D eigenvalue weighted by molar-refractivity contribution is -0.123. The molecule has 0 radical (unpaired) electrons. The van der Waals surface area contributed by atoms with Gasteiger partial charge in [0.2, 0.25) is 5.76 Å². The predicted octanol–water partition coefficient (Wildman–Crippen LogP) is 5.06. The maximum atomic E-state index is 13.6. The summed E-state index contributed by atoms with van der Waals surface area (Å²) >= 11 is 6.09. The van der Waals surface area contributed by atoms with Crippen LogP contribution in [0.1, 0.15) is 17.5 Å². The fraction of sp³-hybridized carbons (Fsp3) is 0.100. The zero-order valence-corrected chi connectivity index (χ0v) is 15.3. The number of hydrogen-bond donors (Lipinski definition) is 1. The summed E-state index contributed by atoms with van der Waals surface area (Å²) in [6.45, 7) is 1.27. The lowest BCUT2D eigenvalue weighted by Gasteiger charge is -2.13. The van der Waals surface area contributed by atoms with Crippen LogP contribution < -0.4 is 5.32 Å². The van der Waals surface area contributed by atoms with Gasteiger partial charge in [0.1, 0.15) is 23.1 Å². The number of halogens is 3. The van der Waals surface area contributed by atoms with E-state index in [0.717, 1.165) is 18.2 Å². The number of hydrogen-bond acceptors (Lipinski definition) is 4. The fourth-order valence-electron chi connectivity index (χ4n) is 2.37. The minimum Gasteiger partial charge on any atom is -0.449 e. The number of furan rings is 1. The third kappa shape index (κ3) is 4.20. The SMILES string of the molecule is C[C@H](OC(=O)c1ccc(-c2ccccc2Cl)o1)C(=O)Nc1c(F)cccc1F. The highest BCUT2D eigenvalue weighted by Gasteiger charge is 2.23. The Bertz CT molecular complexity index is 1010. The van der Waals surface area contributed by atoms with Gasteiger partial charge in [0.15, 0.2) is 6.10 Å². The van der Waals surface area contributed by atoms with Gasteiger partial charge in [-0.05, 0) is 43.3 Å². The topological polar surface area (TPSA) is 68.5 Å². The summed E-state index contributed by atoms with van der Waals surface area (Å²) in [5, 5.41) is 2.50. The molecule has 8 heteroatoms. The normalized spacial score (nSPS) is 11.7. The van der Waals surface area contributed by atoms with Crippen molar-refractivity contribution in [2.75, 3.05) is 5.32 Å². The number of para-hydroxylation sites is 1. The zero-order chi connectivity index (χ0) is 20.3. The molecule has 2 aromatic carbocycles. The van der Waals surface area contributed by atoms with E-state index in [9.17, 15) is 18.4 Å². The van der Waals surface area contributed by atoms with Crippen molar-refractivity contribution in [1.29, 1.82) is 0 Å². The zero-order valence-electron chi connectivity index (χ0n) is 14.5. The molecular formula is C20H14ClF2NO4. The van der Waals surface area contributed by atoms with E-state index in [1.54, 1.807) is 24.3 Å². The summed E-state index contributed by atoms with van der Waals surface area (Å²) in [5.74, 6) is -3.48. The molecule has 0 aliphatic rings. The molecule has 1 heterocycles. The molecule has 0 aliphatic carbocycles. The molecule has 3 aromatic rings. The number of rotatable bonds is 5. The summed E-state index contributed by atoms with van der Waals surface area (Å²) in [5.41, 5.74) is -0.0292. The van der Waals surface area contributed by atoms with E-state index in [1.165, 1.54) is 19.1 Å². The van der Waals surface area contributed by atoms with Crippen molar-refractivity contribution >= 4 is 29.2 Å². The molecule has 0 saturated carbocycles. The number of carbonyl (C=O) groups is 2. The van der Waals surface area contributed by atoms with Gasteiger partial charge in [-0.2, -0.15) is 0 Å². The summed E-state index contributed by atoms with van der Waals surface area (Å²) in [7, 11) is 0. The molecule has 0 unspecified atom stereocenters. The van der Waals surface area contributed by atoms with Gasteiger partial charge >= 0.3 is 5.97 Å². The van der Waals surface area contributed by atoms with Gasteiger partial charge in [0.25, 0.3) is 5.91 Å². The highest BCUT2D eigenvalue weighted by molar-refractivity contribution is 6.33. The molecule has 0 saturated heterocycles. The van der Waals surface area contributed by atoms with Gasteiger partial charge in [-0.25, -0.2) is 13.6 Å². The summed E-state index contributed by atoms with van der Waals surface area (Å²) in [6, 6.07) is 13.0. The standard InChI is InChI=1S/C20H14ClF2NO4/c1-11(19(25)24-18-14(22)7-4-8-15(18)23)27-20(26)17-10-9-16(28-17)12-5-2-3-6-13(12)21/h2-11H,1H3,(H,24,25)/t11-/m0/s1. The summed E-state index contributed by atoms with van der Waals surface area (Å²) in [4.78, 5) is 24.3. The van der Waals surface area contributed by atoms with Gasteiger partial charge in [-0.1, -0.05) is 29.8 Å². The number of anilines is 1. The molecule has 1 atom stereocenters. The first-order valence-electron chi connectivity index (χ1n) is 8.17. The molecule has 1 amide bonds. The number of nitrogens with one attached hydrogen (secondary N) is 1. The van der Waals surface area contributed by atoms with Crippen molar-refractivity contribution in [3.8, 4) is 11.3 Å². The van der Waals surface area contributed by atoms with Crippen LogP contribution in [0, 0.1) is 11.6 Å². The van der Waals surface area contributed by atoms with Crippen molar-refractivity contribution in [3.63, 3.8) is 0 Å². The molecule has 1 aromatic heterocycles. The Morgan fingerprint density at radius 2 is 1.71 bits per heavy atom. The van der Waals surface area contributed by atoms with Crippen LogP contribution in [0.4, 0.5) is 14.5 Å². The largest absolute Gasteiger partial charge is 0.449 e. The molecule has 1 N–H and O–H groups in total. The molecular weight excluding hydrogens is 392 g/mol. The third-order valence-corrected chi connectivity index (χ3v) is 4.14. The van der Waals surface area contributed by atoms with Gasteiger partial charge in [0.05, 0.1) is 5.02 Å². The molecule has 28 heavy (non-hydrogen) atoms. The lowest BCUT2D eigenvalue weighted by Crippen LogP contribution is -2.30. The Kier molecular flexibility index (Phi) is 5.75. The maximum Gasteiger partial charge on any atom is 0.375 e. The van der Waals surface area contributed by atoms with Crippen molar-refractivity contribution in [2.45, 2.75) is 13.0 Å². The Balaban J connectivity index is 1.68. The first kappa shape index (κ1) is 19.6. The van der Waals surface area contributed by atoms with Crippen LogP contribution in [0.5, 0.6) is 0 Å². The fourth-order valence-corrected chi connectivity index (χ4v) is 2.60. The average molecular weight is 406 g/mol. The Hall–Kier alpha value is -3.19. The highest BCUT2D eigenvalue weighted by Crippen LogP contribution is 2.29. The number of carbonyl (C=O) groups excluding carboxylic acids is 2. The third-order valence-electron chi connectivity index (χ3n) is 3.81. The second-order valence-electron chi connectivity index (χ2n) is 5.78. The molecule has 5 nitrogen and oxygen atoms in total. The maximum absolute atomic E-state index is 13.6. The van der Waals surface area contributed by atoms with Gasteiger partial charge in [-0.15, -0.1) is 0 Å². The number of ether oxygens (including phenoxy) is 1. The number of amides is 1. The van der Waals surface area contributed by atoms with Gasteiger partial charge in [-0.3, -0.25) is 4.79 Å². The van der Waals surface area contributed by atoms with Crippen LogP contribution in [0.25, 0.3) is 11.3 Å². The molecule has 3 rings (SSSR count). The summed E-state index contributed by atoms with van der Waals surface area (Å²) in [6.07, 6.45) is -1.32. The van der Waals surface area contributed by atoms with E-state index in [4.69, 9.17) is 20.8 Å². The molecule has 0 aliphatic heterocycles. The monoisotopic (exact) mass is 405 g/mol. The van der Waals surface area contributed by atoms with E-state index in [1.807, 2.05) is 0 Å². The van der Waals surface area contributed by atoms with Crippen molar-refractivity contribution < 1.29 is 27.5 Å². The lowest BCUT2D eigenvalue weighted by atomic mass is 10.2. The molecule has 0 fully saturated rings. The minimum absolute atomic E-state index is 0.147. The molecule has 144 valence electrons. The van der Waals surface area contributed by atoms with Crippen LogP contribution in [0.3, 0.4) is 0 Å². The van der Waals surface area contributed by atoms with Gasteiger partial charge in [0, 0.05) is 5.56 Å². The van der Waals surface area contributed by atoms with E-state index in [-0.39, 0.29) is 5.76 Å². The number of benzene rings is 2. The van der Waals surface area contributed by atoms with Crippen molar-refractivity contribution in [3.05, 3.63) is 77.0 Å². The van der Waals surface area contributed by atoms with Crippen molar-refractivity contribution in [1.82, 2.24) is 0 Å². The first-order chi connectivity index (χ1) is 13.4. The van der Waals surface area contributed by atoms with Crippen LogP contribution in [0.2, 0.25) is 5.02 Å². The smallest absolute Gasteiger partial charge is 0.375 e. The van der Waals surface area contributed by atoms with Crippen LogP contribution >= 0.6 is 11.6 Å². The predicted molar refractivity (Wildman–Crippen MR) is 99.0 cm³/mol. The molecule has 0 spiro atoms. The van der Waals surface area contributed by atoms with Crippen LogP contribution in [-0.2, 0) is 9.53 Å².